The summed E-state index contributed by atoms with van der Waals surface area (Å²) in [6, 6.07) is -0.266. The van der Waals surface area contributed by atoms with E-state index in [2.05, 4.69) is 12.2 Å². The zero-order chi connectivity index (χ0) is 13.8. The molecule has 2 saturated heterocycles. The Bertz CT molecular complexity index is 346. The first kappa shape index (κ1) is 14.3. The normalized spacial score (nSPS) is 32.7. The number of carbonyl (C=O) groups excluding carboxylic acids is 1. The molecule has 0 bridgehead atoms. The quantitative estimate of drug-likeness (QED) is 0.790. The summed E-state index contributed by atoms with van der Waals surface area (Å²) in [6.07, 6.45) is 5.10. The second-order valence-corrected chi connectivity index (χ2v) is 5.81. The van der Waals surface area contributed by atoms with Crippen LogP contribution in [0.1, 0.15) is 45.4 Å². The highest BCUT2D eigenvalue weighted by atomic mass is 16.4. The van der Waals surface area contributed by atoms with Crippen molar-refractivity contribution in [2.24, 2.45) is 5.92 Å². The molecule has 0 spiro atoms. The summed E-state index contributed by atoms with van der Waals surface area (Å²) in [5, 5.41) is 12.7. The number of aliphatic carboxylic acids is 1. The summed E-state index contributed by atoms with van der Waals surface area (Å²) in [6.45, 7) is 3.54. The van der Waals surface area contributed by atoms with Gasteiger partial charge in [-0.25, -0.2) is 4.79 Å². The summed E-state index contributed by atoms with van der Waals surface area (Å²) in [4.78, 5) is 25.6. The van der Waals surface area contributed by atoms with E-state index in [1.165, 1.54) is 0 Å². The molecule has 19 heavy (non-hydrogen) atoms. The van der Waals surface area contributed by atoms with Crippen LogP contribution in [0.15, 0.2) is 0 Å². The number of piperidine rings is 1. The standard InChI is InChI=1S/C14H24N2O3/c1-10-9-11(6-7-15-10)13(17)16-8-4-2-3-5-12(16)14(18)19/h10-12,15H,2-9H2,1H3,(H,18,19). The second kappa shape index (κ2) is 6.37. The lowest BCUT2D eigenvalue weighted by Crippen LogP contribution is -2.50. The number of hydrogen-bond donors (Lipinski definition) is 2. The molecule has 2 rings (SSSR count). The fourth-order valence-electron chi connectivity index (χ4n) is 3.22. The van der Waals surface area contributed by atoms with Crippen LogP contribution in [0.3, 0.4) is 0 Å². The van der Waals surface area contributed by atoms with E-state index in [9.17, 15) is 14.7 Å². The maximum atomic E-state index is 12.6. The highest BCUT2D eigenvalue weighted by Gasteiger charge is 2.35. The molecule has 0 aromatic heterocycles. The first-order chi connectivity index (χ1) is 9.09. The van der Waals surface area contributed by atoms with Gasteiger partial charge in [-0.1, -0.05) is 12.8 Å². The van der Waals surface area contributed by atoms with Crippen LogP contribution in [0, 0.1) is 5.92 Å². The van der Waals surface area contributed by atoms with Crippen molar-refractivity contribution in [1.29, 1.82) is 0 Å². The Morgan fingerprint density at radius 2 is 2.00 bits per heavy atom. The third-order valence-electron chi connectivity index (χ3n) is 4.29. The van der Waals surface area contributed by atoms with Crippen LogP contribution in [0.2, 0.25) is 0 Å². The predicted octanol–water partition coefficient (Wildman–Crippen LogP) is 1.23. The maximum Gasteiger partial charge on any atom is 0.326 e. The Morgan fingerprint density at radius 3 is 2.68 bits per heavy atom. The van der Waals surface area contributed by atoms with Gasteiger partial charge in [-0.2, -0.15) is 0 Å². The molecule has 1 amide bonds. The van der Waals surface area contributed by atoms with Crippen LogP contribution in [0.4, 0.5) is 0 Å². The zero-order valence-corrected chi connectivity index (χ0v) is 11.6. The lowest BCUT2D eigenvalue weighted by Gasteiger charge is -2.34. The lowest BCUT2D eigenvalue weighted by molar-refractivity contribution is -0.152. The molecule has 3 atom stereocenters. The molecule has 0 aromatic rings. The van der Waals surface area contributed by atoms with Crippen molar-refractivity contribution in [2.75, 3.05) is 13.1 Å². The number of carbonyl (C=O) groups is 2. The fourth-order valence-corrected chi connectivity index (χ4v) is 3.22. The molecule has 0 aromatic carbocycles. The minimum Gasteiger partial charge on any atom is -0.480 e. The van der Waals surface area contributed by atoms with E-state index in [4.69, 9.17) is 0 Å². The number of nitrogens with one attached hydrogen (secondary N) is 1. The summed E-state index contributed by atoms with van der Waals surface area (Å²) >= 11 is 0. The number of carboxylic acid groups (broad SMARTS) is 1. The fraction of sp³-hybridized carbons (Fsp3) is 0.857. The molecular weight excluding hydrogens is 244 g/mol. The molecule has 108 valence electrons. The molecule has 2 heterocycles. The molecular formula is C14H24N2O3. The average molecular weight is 268 g/mol. The second-order valence-electron chi connectivity index (χ2n) is 5.81. The minimum absolute atomic E-state index is 0.00352. The third kappa shape index (κ3) is 3.47. The van der Waals surface area contributed by atoms with Gasteiger partial charge in [-0.3, -0.25) is 4.79 Å². The molecule has 2 aliphatic rings. The predicted molar refractivity (Wildman–Crippen MR) is 71.8 cm³/mol. The largest absolute Gasteiger partial charge is 0.480 e. The van der Waals surface area contributed by atoms with Gasteiger partial charge >= 0.3 is 5.97 Å². The Labute approximate surface area is 114 Å². The van der Waals surface area contributed by atoms with Crippen molar-refractivity contribution < 1.29 is 14.7 Å². The SMILES string of the molecule is CC1CC(C(=O)N2CCCCCC2C(=O)O)CCN1. The number of nitrogens with zero attached hydrogens (tertiary/aromatic N) is 1. The first-order valence-corrected chi connectivity index (χ1v) is 7.36. The van der Waals surface area contributed by atoms with Gasteiger partial charge < -0.3 is 15.3 Å². The van der Waals surface area contributed by atoms with Crippen LogP contribution >= 0.6 is 0 Å². The number of rotatable bonds is 2. The molecule has 0 radical (unpaired) electrons. The minimum atomic E-state index is -0.850. The Hall–Kier alpha value is -1.10. The van der Waals surface area contributed by atoms with Gasteiger partial charge in [0.1, 0.15) is 6.04 Å². The summed E-state index contributed by atoms with van der Waals surface area (Å²) in [5.74, 6) is -0.795. The molecule has 2 N–H and O–H groups in total. The van der Waals surface area contributed by atoms with Gasteiger partial charge in [0.05, 0.1) is 0 Å². The third-order valence-corrected chi connectivity index (χ3v) is 4.29. The molecule has 2 fully saturated rings. The topological polar surface area (TPSA) is 69.6 Å². The van der Waals surface area contributed by atoms with E-state index in [0.29, 0.717) is 19.0 Å². The molecule has 2 aliphatic heterocycles. The lowest BCUT2D eigenvalue weighted by atomic mass is 9.91. The van der Waals surface area contributed by atoms with Gasteiger partial charge in [0, 0.05) is 18.5 Å². The van der Waals surface area contributed by atoms with Crippen molar-refractivity contribution in [3.8, 4) is 0 Å². The number of likely N-dealkylation sites (tertiary alicyclic amines) is 1. The Morgan fingerprint density at radius 1 is 1.21 bits per heavy atom. The van der Waals surface area contributed by atoms with Crippen molar-refractivity contribution in [2.45, 2.75) is 57.5 Å². The van der Waals surface area contributed by atoms with Crippen LogP contribution in [-0.4, -0.2) is 47.1 Å². The van der Waals surface area contributed by atoms with E-state index in [1.807, 2.05) is 0 Å². The van der Waals surface area contributed by atoms with Crippen LogP contribution < -0.4 is 5.32 Å². The van der Waals surface area contributed by atoms with Gasteiger partial charge in [0.25, 0.3) is 0 Å². The molecule has 5 nitrogen and oxygen atoms in total. The first-order valence-electron chi connectivity index (χ1n) is 7.36. The smallest absolute Gasteiger partial charge is 0.326 e. The van der Waals surface area contributed by atoms with Crippen molar-refractivity contribution in [3.63, 3.8) is 0 Å². The van der Waals surface area contributed by atoms with E-state index in [-0.39, 0.29) is 11.8 Å². The van der Waals surface area contributed by atoms with Gasteiger partial charge in [0.2, 0.25) is 5.91 Å². The molecule has 0 saturated carbocycles. The molecule has 0 aliphatic carbocycles. The van der Waals surface area contributed by atoms with Crippen LogP contribution in [0.5, 0.6) is 0 Å². The summed E-state index contributed by atoms with van der Waals surface area (Å²) in [7, 11) is 0. The van der Waals surface area contributed by atoms with E-state index >= 15 is 0 Å². The molecule has 3 unspecified atom stereocenters. The number of amides is 1. The average Bonchev–Trinajstić information content (AvgIpc) is 2.63. The highest BCUT2D eigenvalue weighted by molar-refractivity contribution is 5.85. The van der Waals surface area contributed by atoms with Gasteiger partial charge in [-0.15, -0.1) is 0 Å². The van der Waals surface area contributed by atoms with Gasteiger partial charge in [0.15, 0.2) is 0 Å². The van der Waals surface area contributed by atoms with Crippen LogP contribution in [0.25, 0.3) is 0 Å². The molecule has 5 heteroatoms. The number of hydrogen-bond acceptors (Lipinski definition) is 3. The van der Waals surface area contributed by atoms with E-state index in [0.717, 1.165) is 38.6 Å². The Kier molecular flexibility index (Phi) is 4.80. The van der Waals surface area contributed by atoms with Crippen molar-refractivity contribution in [3.05, 3.63) is 0 Å². The monoisotopic (exact) mass is 268 g/mol. The zero-order valence-electron chi connectivity index (χ0n) is 11.6. The van der Waals surface area contributed by atoms with Gasteiger partial charge in [-0.05, 0) is 39.2 Å². The van der Waals surface area contributed by atoms with E-state index in [1.54, 1.807) is 4.90 Å². The van der Waals surface area contributed by atoms with Crippen molar-refractivity contribution in [1.82, 2.24) is 10.2 Å². The number of carboxylic acids is 1. The van der Waals surface area contributed by atoms with E-state index < -0.39 is 12.0 Å². The summed E-state index contributed by atoms with van der Waals surface area (Å²) < 4.78 is 0. The van der Waals surface area contributed by atoms with Crippen LogP contribution in [-0.2, 0) is 9.59 Å². The highest BCUT2D eigenvalue weighted by Crippen LogP contribution is 2.24. The summed E-state index contributed by atoms with van der Waals surface area (Å²) in [5.41, 5.74) is 0. The maximum absolute atomic E-state index is 12.6. The Balaban J connectivity index is 2.07. The van der Waals surface area contributed by atoms with Crippen molar-refractivity contribution >= 4 is 11.9 Å².